The SMILES string of the molecule is COc1ccc(/C=N/OC(=O)Nc2ccc(Br)cc2Br)cc1. The van der Waals surface area contributed by atoms with Crippen molar-refractivity contribution in [2.24, 2.45) is 5.16 Å². The van der Waals surface area contributed by atoms with Gasteiger partial charge in [-0.2, -0.15) is 0 Å². The Balaban J connectivity index is 1.90. The van der Waals surface area contributed by atoms with Crippen molar-refractivity contribution in [3.05, 3.63) is 57.0 Å². The molecule has 22 heavy (non-hydrogen) atoms. The van der Waals surface area contributed by atoms with Gasteiger partial charge >= 0.3 is 6.09 Å². The molecule has 0 saturated heterocycles. The molecule has 0 aliphatic rings. The first-order valence-corrected chi connectivity index (χ1v) is 7.77. The van der Waals surface area contributed by atoms with Crippen molar-refractivity contribution in [2.45, 2.75) is 0 Å². The summed E-state index contributed by atoms with van der Waals surface area (Å²) in [7, 11) is 1.59. The van der Waals surface area contributed by atoms with Gasteiger partial charge in [0.2, 0.25) is 0 Å². The Morgan fingerprint density at radius 3 is 2.55 bits per heavy atom. The molecule has 2 aromatic carbocycles. The van der Waals surface area contributed by atoms with Gasteiger partial charge in [0, 0.05) is 8.95 Å². The number of oxime groups is 1. The highest BCUT2D eigenvalue weighted by Gasteiger charge is 2.06. The molecule has 1 amide bonds. The molecule has 2 aromatic rings. The van der Waals surface area contributed by atoms with Crippen molar-refractivity contribution in [2.75, 3.05) is 12.4 Å². The monoisotopic (exact) mass is 426 g/mol. The van der Waals surface area contributed by atoms with Gasteiger partial charge in [-0.25, -0.2) is 4.79 Å². The predicted octanol–water partition coefficient (Wildman–Crippen LogP) is 4.80. The Bertz CT molecular complexity index is 688. The zero-order valence-corrected chi connectivity index (χ0v) is 14.7. The molecule has 7 heteroatoms. The number of nitrogens with one attached hydrogen (secondary N) is 1. The van der Waals surface area contributed by atoms with Crippen LogP contribution < -0.4 is 10.1 Å². The van der Waals surface area contributed by atoms with Gasteiger partial charge in [-0.05, 0) is 64.0 Å². The maximum Gasteiger partial charge on any atom is 0.437 e. The maximum absolute atomic E-state index is 11.6. The van der Waals surface area contributed by atoms with E-state index in [9.17, 15) is 4.79 Å². The topological polar surface area (TPSA) is 59.9 Å². The van der Waals surface area contributed by atoms with Crippen LogP contribution in [-0.4, -0.2) is 19.4 Å². The van der Waals surface area contributed by atoms with Crippen LogP contribution in [0.25, 0.3) is 0 Å². The minimum absolute atomic E-state index is 0.591. The van der Waals surface area contributed by atoms with Gasteiger partial charge in [-0.1, -0.05) is 21.1 Å². The fraction of sp³-hybridized carbons (Fsp3) is 0.0667. The molecule has 114 valence electrons. The Hall–Kier alpha value is -1.86. The zero-order chi connectivity index (χ0) is 15.9. The minimum Gasteiger partial charge on any atom is -0.497 e. The summed E-state index contributed by atoms with van der Waals surface area (Å²) >= 11 is 6.68. The van der Waals surface area contributed by atoms with E-state index in [0.29, 0.717) is 5.69 Å². The van der Waals surface area contributed by atoms with E-state index in [0.717, 1.165) is 20.3 Å². The molecule has 2 rings (SSSR count). The number of ether oxygens (including phenoxy) is 1. The summed E-state index contributed by atoms with van der Waals surface area (Å²) in [5, 5.41) is 6.22. The van der Waals surface area contributed by atoms with E-state index in [1.54, 1.807) is 43.5 Å². The summed E-state index contributed by atoms with van der Waals surface area (Å²) in [5.74, 6) is 0.746. The number of methoxy groups -OCH3 is 1. The molecule has 0 atom stereocenters. The molecular weight excluding hydrogens is 416 g/mol. The number of amides is 1. The van der Waals surface area contributed by atoms with Crippen molar-refractivity contribution in [3.8, 4) is 5.75 Å². The summed E-state index contributed by atoms with van der Waals surface area (Å²) in [4.78, 5) is 16.4. The Labute approximate surface area is 144 Å². The maximum atomic E-state index is 11.6. The van der Waals surface area contributed by atoms with Crippen molar-refractivity contribution in [3.63, 3.8) is 0 Å². The van der Waals surface area contributed by atoms with E-state index in [2.05, 4.69) is 42.3 Å². The van der Waals surface area contributed by atoms with Gasteiger partial charge in [-0.3, -0.25) is 10.2 Å². The first kappa shape index (κ1) is 16.5. The second kappa shape index (κ2) is 7.95. The molecule has 5 nitrogen and oxygen atoms in total. The highest BCUT2D eigenvalue weighted by Crippen LogP contribution is 2.26. The number of benzene rings is 2. The Morgan fingerprint density at radius 2 is 1.91 bits per heavy atom. The molecule has 0 bridgehead atoms. The fourth-order valence-corrected chi connectivity index (χ4v) is 2.69. The third kappa shape index (κ3) is 4.85. The lowest BCUT2D eigenvalue weighted by atomic mass is 10.2. The fourth-order valence-electron chi connectivity index (χ4n) is 1.55. The van der Waals surface area contributed by atoms with E-state index in [4.69, 9.17) is 9.57 Å². The minimum atomic E-state index is -0.673. The van der Waals surface area contributed by atoms with E-state index in [-0.39, 0.29) is 0 Å². The molecule has 0 aromatic heterocycles. The Kier molecular flexibility index (Phi) is 5.97. The van der Waals surface area contributed by atoms with Crippen molar-refractivity contribution >= 4 is 49.9 Å². The summed E-state index contributed by atoms with van der Waals surface area (Å²) in [6.45, 7) is 0. The van der Waals surface area contributed by atoms with Crippen LogP contribution in [0.5, 0.6) is 5.75 Å². The number of rotatable bonds is 4. The van der Waals surface area contributed by atoms with E-state index in [1.807, 2.05) is 6.07 Å². The van der Waals surface area contributed by atoms with Gasteiger partial charge < -0.3 is 4.74 Å². The standard InChI is InChI=1S/C15H12Br2N2O3/c1-21-12-5-2-10(3-6-12)9-18-22-15(20)19-14-7-4-11(16)8-13(14)17/h2-9H,1H3,(H,19,20)/b18-9+. The molecule has 0 radical (unpaired) electrons. The average Bonchev–Trinajstić information content (AvgIpc) is 2.51. The van der Waals surface area contributed by atoms with E-state index in [1.165, 1.54) is 6.21 Å². The molecule has 0 fully saturated rings. The predicted molar refractivity (Wildman–Crippen MR) is 92.5 cm³/mol. The van der Waals surface area contributed by atoms with Gasteiger partial charge in [0.05, 0.1) is 19.0 Å². The van der Waals surface area contributed by atoms with Crippen LogP contribution in [0.4, 0.5) is 10.5 Å². The smallest absolute Gasteiger partial charge is 0.437 e. The van der Waals surface area contributed by atoms with Crippen LogP contribution in [0.2, 0.25) is 0 Å². The van der Waals surface area contributed by atoms with Crippen LogP contribution in [-0.2, 0) is 4.84 Å². The lowest BCUT2D eigenvalue weighted by Gasteiger charge is -2.05. The van der Waals surface area contributed by atoms with Crippen LogP contribution in [0.1, 0.15) is 5.56 Å². The zero-order valence-electron chi connectivity index (χ0n) is 11.5. The third-order valence-corrected chi connectivity index (χ3v) is 3.77. The average molecular weight is 428 g/mol. The lowest BCUT2D eigenvalue weighted by molar-refractivity contribution is 0.167. The van der Waals surface area contributed by atoms with Crippen LogP contribution >= 0.6 is 31.9 Å². The molecule has 0 aliphatic carbocycles. The highest BCUT2D eigenvalue weighted by atomic mass is 79.9. The van der Waals surface area contributed by atoms with Crippen LogP contribution in [0, 0.1) is 0 Å². The van der Waals surface area contributed by atoms with Gasteiger partial charge in [-0.15, -0.1) is 0 Å². The molecule has 0 saturated carbocycles. The van der Waals surface area contributed by atoms with E-state index >= 15 is 0 Å². The second-order valence-corrected chi connectivity index (χ2v) is 5.91. The van der Waals surface area contributed by atoms with Crippen molar-refractivity contribution in [1.29, 1.82) is 0 Å². The summed E-state index contributed by atoms with van der Waals surface area (Å²) in [6.07, 6.45) is 0.767. The summed E-state index contributed by atoms with van der Waals surface area (Å²) in [6, 6.07) is 12.5. The normalized spacial score (nSPS) is 10.5. The molecule has 1 N–H and O–H groups in total. The highest BCUT2D eigenvalue weighted by molar-refractivity contribution is 9.11. The summed E-state index contributed by atoms with van der Waals surface area (Å²) < 4.78 is 6.68. The second-order valence-electron chi connectivity index (χ2n) is 4.14. The van der Waals surface area contributed by atoms with Gasteiger partial charge in [0.1, 0.15) is 5.75 Å². The molecular formula is C15H12Br2N2O3. The molecule has 0 heterocycles. The number of carbonyl (C=O) groups excluding carboxylic acids is 1. The first-order valence-electron chi connectivity index (χ1n) is 6.19. The lowest BCUT2D eigenvalue weighted by Crippen LogP contribution is -2.11. The first-order chi connectivity index (χ1) is 10.6. The Morgan fingerprint density at radius 1 is 1.18 bits per heavy atom. The number of carbonyl (C=O) groups is 1. The van der Waals surface area contributed by atoms with Gasteiger partial charge in [0.15, 0.2) is 0 Å². The van der Waals surface area contributed by atoms with Crippen molar-refractivity contribution in [1.82, 2.24) is 0 Å². The number of halogens is 2. The number of anilines is 1. The van der Waals surface area contributed by atoms with E-state index < -0.39 is 6.09 Å². The molecule has 0 spiro atoms. The molecule has 0 unspecified atom stereocenters. The third-order valence-electron chi connectivity index (χ3n) is 2.62. The largest absolute Gasteiger partial charge is 0.497 e. The number of hydrogen-bond acceptors (Lipinski definition) is 4. The summed E-state index contributed by atoms with van der Waals surface area (Å²) in [5.41, 5.74) is 1.38. The molecule has 0 aliphatic heterocycles. The van der Waals surface area contributed by atoms with Gasteiger partial charge in [0.25, 0.3) is 0 Å². The number of hydrogen-bond donors (Lipinski definition) is 1. The quantitative estimate of drug-likeness (QED) is 0.433. The number of nitrogens with zero attached hydrogens (tertiary/aromatic N) is 1. The van der Waals surface area contributed by atoms with Crippen LogP contribution in [0.3, 0.4) is 0 Å². The van der Waals surface area contributed by atoms with Crippen molar-refractivity contribution < 1.29 is 14.4 Å². The van der Waals surface area contributed by atoms with Crippen LogP contribution in [0.15, 0.2) is 56.6 Å².